The Morgan fingerprint density at radius 3 is 2.34 bits per heavy atom. The minimum Gasteiger partial charge on any atom is -0.489 e. The van der Waals surface area contributed by atoms with Gasteiger partial charge in [-0.2, -0.15) is 0 Å². The zero-order chi connectivity index (χ0) is 21.2. The first-order chi connectivity index (χ1) is 13.7. The van der Waals surface area contributed by atoms with Crippen molar-refractivity contribution < 1.29 is 23.7 Å². The van der Waals surface area contributed by atoms with Gasteiger partial charge in [0, 0.05) is 19.8 Å². The Bertz CT molecular complexity index is 865. The van der Waals surface area contributed by atoms with Crippen molar-refractivity contribution in [2.24, 2.45) is 0 Å². The molecule has 0 aliphatic carbocycles. The molecule has 2 aromatic rings. The van der Waals surface area contributed by atoms with Crippen molar-refractivity contribution in [2.75, 3.05) is 14.2 Å². The number of rotatable bonds is 6. The molecule has 0 spiro atoms. The van der Waals surface area contributed by atoms with Crippen LogP contribution in [0.1, 0.15) is 55.6 Å². The Morgan fingerprint density at radius 2 is 1.76 bits per heavy atom. The standard InChI is InChI=1S/C24H30O5/c1-23(2,3)18-13-20-17(12-21(18)28-15-16-10-8-7-9-11-16)19(25)14-24(4,29-20)22(26-5)27-6/h7-13,22H,14-15H2,1-6H3. The van der Waals surface area contributed by atoms with Crippen LogP contribution < -0.4 is 9.47 Å². The van der Waals surface area contributed by atoms with Crippen LogP contribution in [-0.4, -0.2) is 31.9 Å². The van der Waals surface area contributed by atoms with Crippen molar-refractivity contribution >= 4 is 5.78 Å². The minimum absolute atomic E-state index is 0.0159. The number of hydrogen-bond donors (Lipinski definition) is 0. The van der Waals surface area contributed by atoms with Crippen LogP contribution in [0, 0.1) is 0 Å². The molecule has 0 saturated carbocycles. The highest BCUT2D eigenvalue weighted by Gasteiger charge is 2.44. The number of ketones is 1. The van der Waals surface area contributed by atoms with Crippen molar-refractivity contribution in [1.82, 2.24) is 0 Å². The summed E-state index contributed by atoms with van der Waals surface area (Å²) >= 11 is 0. The van der Waals surface area contributed by atoms with E-state index in [0.29, 0.717) is 23.7 Å². The number of ether oxygens (including phenoxy) is 4. The summed E-state index contributed by atoms with van der Waals surface area (Å²) in [5, 5.41) is 0. The lowest BCUT2D eigenvalue weighted by molar-refractivity contribution is -0.197. The molecule has 2 aromatic carbocycles. The molecule has 5 nitrogen and oxygen atoms in total. The van der Waals surface area contributed by atoms with Crippen LogP contribution >= 0.6 is 0 Å². The fraction of sp³-hybridized carbons (Fsp3) is 0.458. The summed E-state index contributed by atoms with van der Waals surface area (Å²) in [6.45, 7) is 8.61. The van der Waals surface area contributed by atoms with Crippen LogP contribution in [0.15, 0.2) is 42.5 Å². The van der Waals surface area contributed by atoms with Crippen LogP contribution in [0.25, 0.3) is 0 Å². The highest BCUT2D eigenvalue weighted by atomic mass is 16.7. The predicted molar refractivity (Wildman–Crippen MR) is 112 cm³/mol. The number of carbonyl (C=O) groups is 1. The Morgan fingerprint density at radius 1 is 1.10 bits per heavy atom. The first-order valence-electron chi connectivity index (χ1n) is 9.81. The van der Waals surface area contributed by atoms with Crippen molar-refractivity contribution in [3.8, 4) is 11.5 Å². The van der Waals surface area contributed by atoms with Gasteiger partial charge in [-0.1, -0.05) is 51.1 Å². The van der Waals surface area contributed by atoms with Gasteiger partial charge < -0.3 is 18.9 Å². The molecular weight excluding hydrogens is 368 g/mol. The zero-order valence-electron chi connectivity index (χ0n) is 18.1. The summed E-state index contributed by atoms with van der Waals surface area (Å²) in [5.74, 6) is 1.23. The molecule has 0 saturated heterocycles. The summed E-state index contributed by atoms with van der Waals surface area (Å²) < 4.78 is 23.2. The summed E-state index contributed by atoms with van der Waals surface area (Å²) in [7, 11) is 3.09. The van der Waals surface area contributed by atoms with E-state index in [-0.39, 0.29) is 17.6 Å². The third-order valence-corrected chi connectivity index (χ3v) is 5.21. The van der Waals surface area contributed by atoms with Gasteiger partial charge in [0.25, 0.3) is 0 Å². The molecule has 156 valence electrons. The Hall–Kier alpha value is -2.37. The van der Waals surface area contributed by atoms with E-state index in [0.717, 1.165) is 11.1 Å². The average Bonchev–Trinajstić information content (AvgIpc) is 2.67. The second-order valence-electron chi connectivity index (χ2n) is 8.69. The largest absolute Gasteiger partial charge is 0.489 e. The van der Waals surface area contributed by atoms with Crippen LogP contribution in [0.5, 0.6) is 11.5 Å². The van der Waals surface area contributed by atoms with Crippen molar-refractivity contribution in [2.45, 2.75) is 58.0 Å². The van der Waals surface area contributed by atoms with Crippen molar-refractivity contribution in [3.05, 3.63) is 59.2 Å². The van der Waals surface area contributed by atoms with E-state index in [1.807, 2.05) is 49.4 Å². The number of methoxy groups -OCH3 is 2. The zero-order valence-corrected chi connectivity index (χ0v) is 18.1. The van der Waals surface area contributed by atoms with Gasteiger partial charge in [0.05, 0.1) is 12.0 Å². The number of benzene rings is 2. The Balaban J connectivity index is 1.99. The second kappa shape index (κ2) is 8.17. The fourth-order valence-corrected chi connectivity index (χ4v) is 3.73. The highest BCUT2D eigenvalue weighted by molar-refractivity contribution is 6.01. The van der Waals surface area contributed by atoms with Gasteiger partial charge >= 0.3 is 0 Å². The molecule has 0 bridgehead atoms. The fourth-order valence-electron chi connectivity index (χ4n) is 3.73. The molecule has 0 N–H and O–H groups in total. The van der Waals surface area contributed by atoms with Gasteiger partial charge in [-0.15, -0.1) is 0 Å². The molecular formula is C24H30O5. The van der Waals surface area contributed by atoms with E-state index >= 15 is 0 Å². The van der Waals surface area contributed by atoms with Gasteiger partial charge in [-0.3, -0.25) is 4.79 Å². The van der Waals surface area contributed by atoms with Gasteiger partial charge in [-0.25, -0.2) is 0 Å². The van der Waals surface area contributed by atoms with E-state index < -0.39 is 11.9 Å². The van der Waals surface area contributed by atoms with Crippen molar-refractivity contribution in [1.29, 1.82) is 0 Å². The molecule has 0 radical (unpaired) electrons. The highest BCUT2D eigenvalue weighted by Crippen LogP contribution is 2.43. The SMILES string of the molecule is COC(OC)C1(C)CC(=O)c2cc(OCc3ccccc3)c(C(C)(C)C)cc2O1. The topological polar surface area (TPSA) is 54.0 Å². The molecule has 0 fully saturated rings. The quantitative estimate of drug-likeness (QED) is 0.648. The second-order valence-corrected chi connectivity index (χ2v) is 8.69. The molecule has 1 aliphatic heterocycles. The van der Waals surface area contributed by atoms with Crippen LogP contribution in [0.3, 0.4) is 0 Å². The van der Waals surface area contributed by atoms with E-state index in [4.69, 9.17) is 18.9 Å². The summed E-state index contributed by atoms with van der Waals surface area (Å²) in [5.41, 5.74) is 1.50. The molecule has 1 unspecified atom stereocenters. The monoisotopic (exact) mass is 398 g/mol. The molecule has 29 heavy (non-hydrogen) atoms. The van der Waals surface area contributed by atoms with Gasteiger partial charge in [-0.05, 0) is 30.0 Å². The number of hydrogen-bond acceptors (Lipinski definition) is 5. The van der Waals surface area contributed by atoms with E-state index in [1.165, 1.54) is 0 Å². The van der Waals surface area contributed by atoms with E-state index in [9.17, 15) is 4.79 Å². The minimum atomic E-state index is -0.894. The van der Waals surface area contributed by atoms with Crippen LogP contribution in [-0.2, 0) is 21.5 Å². The average molecular weight is 398 g/mol. The maximum Gasteiger partial charge on any atom is 0.197 e. The van der Waals surface area contributed by atoms with Crippen molar-refractivity contribution in [3.63, 3.8) is 0 Å². The van der Waals surface area contributed by atoms with Crippen LogP contribution in [0.2, 0.25) is 0 Å². The maximum atomic E-state index is 13.0. The summed E-state index contributed by atoms with van der Waals surface area (Å²) in [4.78, 5) is 13.0. The third-order valence-electron chi connectivity index (χ3n) is 5.21. The first-order valence-corrected chi connectivity index (χ1v) is 9.81. The Kier molecular flexibility index (Phi) is 6.01. The Labute approximate surface area is 172 Å². The van der Waals surface area contributed by atoms with Crippen LogP contribution in [0.4, 0.5) is 0 Å². The number of fused-ring (bicyclic) bond motifs is 1. The maximum absolute atomic E-state index is 13.0. The smallest absolute Gasteiger partial charge is 0.197 e. The van der Waals surface area contributed by atoms with Gasteiger partial charge in [0.2, 0.25) is 0 Å². The van der Waals surface area contributed by atoms with Gasteiger partial charge in [0.15, 0.2) is 17.7 Å². The summed E-state index contributed by atoms with van der Waals surface area (Å²) in [6, 6.07) is 13.7. The molecule has 3 rings (SSSR count). The molecule has 1 atom stereocenters. The summed E-state index contributed by atoms with van der Waals surface area (Å²) in [6.07, 6.45) is -0.481. The third kappa shape index (κ3) is 4.46. The van der Waals surface area contributed by atoms with E-state index in [1.54, 1.807) is 14.2 Å². The van der Waals surface area contributed by atoms with Gasteiger partial charge in [0.1, 0.15) is 18.1 Å². The normalized spacial score (nSPS) is 19.1. The number of carbonyl (C=O) groups excluding carboxylic acids is 1. The molecule has 5 heteroatoms. The molecule has 0 aromatic heterocycles. The molecule has 0 amide bonds. The lowest BCUT2D eigenvalue weighted by Crippen LogP contribution is -2.50. The molecule has 1 heterocycles. The predicted octanol–water partition coefficient (Wildman–Crippen LogP) is 4.91. The molecule has 1 aliphatic rings. The number of Topliss-reactive ketones (excluding diaryl/α,β-unsaturated/α-hetero) is 1. The lowest BCUT2D eigenvalue weighted by atomic mass is 9.83. The van der Waals surface area contributed by atoms with E-state index in [2.05, 4.69) is 20.8 Å². The lowest BCUT2D eigenvalue weighted by Gasteiger charge is -2.39. The first kappa shape index (κ1) is 21.3.